The summed E-state index contributed by atoms with van der Waals surface area (Å²) < 4.78 is 13.1. The number of amides is 1. The summed E-state index contributed by atoms with van der Waals surface area (Å²) in [5.41, 5.74) is 3.34. The Morgan fingerprint density at radius 3 is 2.66 bits per heavy atom. The molecule has 0 spiro atoms. The van der Waals surface area contributed by atoms with E-state index in [0.717, 1.165) is 60.7 Å². The molecule has 2 aromatic carbocycles. The van der Waals surface area contributed by atoms with E-state index < -0.39 is 5.60 Å². The van der Waals surface area contributed by atoms with Crippen LogP contribution in [0, 0.1) is 0 Å². The van der Waals surface area contributed by atoms with Crippen molar-refractivity contribution in [3.8, 4) is 16.9 Å². The minimum Gasteiger partial charge on any atom is -0.507 e. The van der Waals surface area contributed by atoms with Crippen LogP contribution in [0.25, 0.3) is 22.0 Å². The molecule has 1 aliphatic rings. The molecule has 0 bridgehead atoms. The number of rotatable bonds is 7. The Kier molecular flexibility index (Phi) is 7.65. The number of nitrogens with zero attached hydrogens (tertiary/aromatic N) is 2. The van der Waals surface area contributed by atoms with Gasteiger partial charge >= 0.3 is 6.09 Å². The summed E-state index contributed by atoms with van der Waals surface area (Å²) in [6.45, 7) is 9.03. The lowest BCUT2D eigenvalue weighted by molar-refractivity contribution is -0.0366. The number of benzene rings is 2. The van der Waals surface area contributed by atoms with Crippen LogP contribution in [0.15, 0.2) is 42.6 Å². The van der Waals surface area contributed by atoms with Gasteiger partial charge in [0.15, 0.2) is 6.23 Å². The predicted octanol–water partition coefficient (Wildman–Crippen LogP) is 6.52. The van der Waals surface area contributed by atoms with Crippen LogP contribution < -0.4 is 5.32 Å². The Bertz CT molecular complexity index is 1140. The van der Waals surface area contributed by atoms with Gasteiger partial charge in [-0.3, -0.25) is 0 Å². The molecule has 0 radical (unpaired) electrons. The van der Waals surface area contributed by atoms with Crippen molar-refractivity contribution in [3.63, 3.8) is 0 Å². The van der Waals surface area contributed by atoms with Crippen molar-refractivity contribution in [1.82, 2.24) is 15.1 Å². The molecule has 1 aliphatic heterocycles. The number of ether oxygens (including phenoxy) is 2. The minimum atomic E-state index is -0.499. The lowest BCUT2D eigenvalue weighted by atomic mass is 9.91. The molecular formula is C28H37N3O4. The maximum atomic E-state index is 11.9. The first-order valence-electron chi connectivity index (χ1n) is 12.6. The molecular weight excluding hydrogens is 442 g/mol. The third-order valence-corrected chi connectivity index (χ3v) is 6.53. The highest BCUT2D eigenvalue weighted by molar-refractivity contribution is 5.92. The largest absolute Gasteiger partial charge is 0.507 e. The van der Waals surface area contributed by atoms with Crippen LogP contribution in [0.1, 0.15) is 77.5 Å². The van der Waals surface area contributed by atoms with E-state index in [1.165, 1.54) is 5.56 Å². The molecule has 7 nitrogen and oxygen atoms in total. The summed E-state index contributed by atoms with van der Waals surface area (Å²) in [4.78, 5) is 11.9. The number of phenolic OH excluding ortho intramolecular Hbond substituents is 1. The van der Waals surface area contributed by atoms with E-state index in [9.17, 15) is 9.90 Å². The Balaban J connectivity index is 1.45. The minimum absolute atomic E-state index is 0.0680. The molecule has 2 N–H and O–H groups in total. The average molecular weight is 480 g/mol. The Morgan fingerprint density at radius 2 is 2.00 bits per heavy atom. The molecule has 0 aliphatic carbocycles. The van der Waals surface area contributed by atoms with E-state index in [4.69, 9.17) is 9.47 Å². The molecule has 7 heteroatoms. The van der Waals surface area contributed by atoms with Crippen LogP contribution in [-0.2, 0) is 9.47 Å². The number of alkyl carbamates (subject to hydrolysis) is 1. The summed E-state index contributed by atoms with van der Waals surface area (Å²) in [5.74, 6) is 0.565. The second kappa shape index (κ2) is 10.7. The van der Waals surface area contributed by atoms with Gasteiger partial charge in [-0.1, -0.05) is 31.2 Å². The molecule has 35 heavy (non-hydrogen) atoms. The van der Waals surface area contributed by atoms with Gasteiger partial charge in [-0.25, -0.2) is 9.48 Å². The zero-order chi connectivity index (χ0) is 25.0. The third-order valence-electron chi connectivity index (χ3n) is 6.53. The predicted molar refractivity (Wildman–Crippen MR) is 138 cm³/mol. The van der Waals surface area contributed by atoms with E-state index >= 15 is 0 Å². The Hall–Kier alpha value is -3.06. The smallest absolute Gasteiger partial charge is 0.407 e. The number of hydrogen-bond donors (Lipinski definition) is 2. The highest BCUT2D eigenvalue weighted by Gasteiger charge is 2.21. The van der Waals surface area contributed by atoms with Gasteiger partial charge in [-0.05, 0) is 82.1 Å². The van der Waals surface area contributed by atoms with Crippen LogP contribution in [0.5, 0.6) is 5.75 Å². The topological polar surface area (TPSA) is 85.6 Å². The summed E-state index contributed by atoms with van der Waals surface area (Å²) in [5, 5.41) is 19.1. The lowest BCUT2D eigenvalue weighted by Crippen LogP contribution is -2.33. The molecule has 1 saturated heterocycles. The monoisotopic (exact) mass is 479 g/mol. The van der Waals surface area contributed by atoms with E-state index in [2.05, 4.69) is 41.6 Å². The lowest BCUT2D eigenvalue weighted by Gasteiger charge is -2.23. The second-order valence-corrected chi connectivity index (χ2v) is 10.2. The van der Waals surface area contributed by atoms with Crippen LogP contribution in [0.4, 0.5) is 4.79 Å². The first kappa shape index (κ1) is 25.0. The average Bonchev–Trinajstić information content (AvgIpc) is 3.27. The van der Waals surface area contributed by atoms with Crippen LogP contribution >= 0.6 is 0 Å². The standard InChI is InChI=1S/C28H37N3O4/c1-5-19(15-16-29-27(33)35-28(2,3)4)20-9-11-21(12-10-20)22-13-14-24-23(26(22)32)18-30-31(24)25-8-6-7-17-34-25/h9-14,18-19,25,32H,5-8,15-17H2,1-4H3,(H,29,33). The molecule has 2 unspecified atom stereocenters. The molecule has 4 rings (SSSR count). The molecule has 3 aromatic rings. The van der Waals surface area contributed by atoms with Crippen LogP contribution in [-0.4, -0.2) is 39.7 Å². The van der Waals surface area contributed by atoms with Gasteiger partial charge in [-0.2, -0.15) is 5.10 Å². The van der Waals surface area contributed by atoms with Gasteiger partial charge in [0.1, 0.15) is 11.4 Å². The van der Waals surface area contributed by atoms with Crippen molar-refractivity contribution in [2.24, 2.45) is 0 Å². The number of fused-ring (bicyclic) bond motifs is 1. The molecule has 1 fully saturated rings. The fourth-order valence-electron chi connectivity index (χ4n) is 4.69. The maximum absolute atomic E-state index is 11.9. The van der Waals surface area contributed by atoms with Crippen molar-refractivity contribution in [2.75, 3.05) is 13.2 Å². The van der Waals surface area contributed by atoms with E-state index in [0.29, 0.717) is 12.5 Å². The Labute approximate surface area is 207 Å². The highest BCUT2D eigenvalue weighted by atomic mass is 16.6. The quantitative estimate of drug-likeness (QED) is 0.403. The zero-order valence-electron chi connectivity index (χ0n) is 21.2. The zero-order valence-corrected chi connectivity index (χ0v) is 21.2. The SMILES string of the molecule is CCC(CCNC(=O)OC(C)(C)C)c1ccc(-c2ccc3c(cnn3C3CCCCO3)c2O)cc1. The summed E-state index contributed by atoms with van der Waals surface area (Å²) in [6.07, 6.45) is 6.22. The molecule has 0 saturated carbocycles. The van der Waals surface area contributed by atoms with E-state index in [1.54, 1.807) is 6.20 Å². The van der Waals surface area contributed by atoms with Crippen molar-refractivity contribution in [1.29, 1.82) is 0 Å². The van der Waals surface area contributed by atoms with Gasteiger partial charge < -0.3 is 19.9 Å². The van der Waals surface area contributed by atoms with Gasteiger partial charge in [0, 0.05) is 18.7 Å². The number of carbonyl (C=O) groups excluding carboxylic acids is 1. The second-order valence-electron chi connectivity index (χ2n) is 10.2. The fourth-order valence-corrected chi connectivity index (χ4v) is 4.69. The number of nitrogens with one attached hydrogen (secondary N) is 1. The highest BCUT2D eigenvalue weighted by Crippen LogP contribution is 2.38. The molecule has 1 aromatic heterocycles. The summed E-state index contributed by atoms with van der Waals surface area (Å²) >= 11 is 0. The molecule has 188 valence electrons. The van der Waals surface area contributed by atoms with Crippen molar-refractivity contribution in [2.45, 2.75) is 77.5 Å². The number of aromatic nitrogens is 2. The summed E-state index contributed by atoms with van der Waals surface area (Å²) in [7, 11) is 0. The number of hydrogen-bond acceptors (Lipinski definition) is 5. The molecule has 1 amide bonds. The maximum Gasteiger partial charge on any atom is 0.407 e. The third kappa shape index (κ3) is 5.96. The van der Waals surface area contributed by atoms with Gasteiger partial charge in [0.05, 0.1) is 17.1 Å². The first-order valence-corrected chi connectivity index (χ1v) is 12.6. The van der Waals surface area contributed by atoms with E-state index in [1.807, 2.05) is 37.6 Å². The number of aromatic hydroxyl groups is 1. The van der Waals surface area contributed by atoms with Crippen LogP contribution in [0.2, 0.25) is 0 Å². The normalized spacial score (nSPS) is 17.3. The van der Waals surface area contributed by atoms with Crippen molar-refractivity contribution >= 4 is 17.0 Å². The number of phenols is 1. The van der Waals surface area contributed by atoms with E-state index in [-0.39, 0.29) is 18.1 Å². The van der Waals surface area contributed by atoms with Gasteiger partial charge in [0.2, 0.25) is 0 Å². The molecule has 2 heterocycles. The number of carbonyl (C=O) groups is 1. The molecule has 2 atom stereocenters. The first-order chi connectivity index (χ1) is 16.8. The summed E-state index contributed by atoms with van der Waals surface area (Å²) in [6, 6.07) is 12.3. The Morgan fingerprint density at radius 1 is 1.23 bits per heavy atom. The van der Waals surface area contributed by atoms with Crippen molar-refractivity contribution in [3.05, 3.63) is 48.2 Å². The van der Waals surface area contributed by atoms with Gasteiger partial charge in [0.25, 0.3) is 0 Å². The fraction of sp³-hybridized carbons (Fsp3) is 0.500. The van der Waals surface area contributed by atoms with Gasteiger partial charge in [-0.15, -0.1) is 0 Å². The van der Waals surface area contributed by atoms with Crippen LogP contribution in [0.3, 0.4) is 0 Å². The van der Waals surface area contributed by atoms with Crippen molar-refractivity contribution < 1.29 is 19.4 Å².